The van der Waals surface area contributed by atoms with Gasteiger partial charge in [-0.3, -0.25) is 4.79 Å². The highest BCUT2D eigenvalue weighted by atomic mass is 127. The summed E-state index contributed by atoms with van der Waals surface area (Å²) < 4.78 is 2.13. The second kappa shape index (κ2) is 9.13. The topological polar surface area (TPSA) is 41.1 Å². The number of amides is 1. The van der Waals surface area contributed by atoms with Gasteiger partial charge < -0.3 is 10.6 Å². The molecule has 1 rings (SSSR count). The Morgan fingerprint density at radius 2 is 2.18 bits per heavy atom. The first-order valence-electron chi connectivity index (χ1n) is 5.03. The number of halogens is 3. The molecule has 2 N–H and O–H groups in total. The van der Waals surface area contributed by atoms with Gasteiger partial charge in [0.25, 0.3) is 0 Å². The number of anilines is 1. The van der Waals surface area contributed by atoms with E-state index in [1.54, 1.807) is 0 Å². The quantitative estimate of drug-likeness (QED) is 0.552. The largest absolute Gasteiger partial charge is 0.326 e. The summed E-state index contributed by atoms with van der Waals surface area (Å²) in [5.74, 6) is 0.0633. The van der Waals surface area contributed by atoms with Crippen molar-refractivity contribution >= 4 is 62.5 Å². The Kier molecular flexibility index (Phi) is 9.21. The highest BCUT2D eigenvalue weighted by Gasteiger charge is 2.03. The van der Waals surface area contributed by atoms with E-state index in [4.69, 9.17) is 0 Å². The maximum atomic E-state index is 11.5. The van der Waals surface area contributed by atoms with Crippen LogP contribution in [0.2, 0.25) is 0 Å². The number of carbonyl (C=O) groups is 1. The van der Waals surface area contributed by atoms with E-state index in [1.807, 2.05) is 25.2 Å². The highest BCUT2D eigenvalue weighted by molar-refractivity contribution is 14.1. The minimum atomic E-state index is 0. The SMILES string of the molecule is CNCCCC(=O)Nc1ccc(Br)c(I)c1.Cl. The van der Waals surface area contributed by atoms with Gasteiger partial charge in [0.15, 0.2) is 0 Å². The second-order valence-corrected chi connectivity index (χ2v) is 5.40. The molecule has 0 unspecified atom stereocenters. The molecule has 1 aromatic rings. The summed E-state index contributed by atoms with van der Waals surface area (Å²) in [4.78, 5) is 11.5. The predicted molar refractivity (Wildman–Crippen MR) is 85.9 cm³/mol. The summed E-state index contributed by atoms with van der Waals surface area (Å²) in [5.41, 5.74) is 0.849. The summed E-state index contributed by atoms with van der Waals surface area (Å²) in [6.45, 7) is 0.866. The normalized spacial score (nSPS) is 9.59. The number of carbonyl (C=O) groups excluding carboxylic acids is 1. The van der Waals surface area contributed by atoms with Gasteiger partial charge in [-0.25, -0.2) is 0 Å². The lowest BCUT2D eigenvalue weighted by Gasteiger charge is -2.06. The van der Waals surface area contributed by atoms with Gasteiger partial charge in [-0.1, -0.05) is 0 Å². The van der Waals surface area contributed by atoms with Crippen molar-refractivity contribution in [2.24, 2.45) is 0 Å². The molecule has 17 heavy (non-hydrogen) atoms. The summed E-state index contributed by atoms with van der Waals surface area (Å²) >= 11 is 5.64. The van der Waals surface area contributed by atoms with Crippen LogP contribution in [0.15, 0.2) is 22.7 Å². The van der Waals surface area contributed by atoms with Crippen LogP contribution in [-0.4, -0.2) is 19.5 Å². The molecule has 6 heteroatoms. The summed E-state index contributed by atoms with van der Waals surface area (Å²) in [5, 5.41) is 5.89. The molecule has 0 spiro atoms. The molecule has 0 fully saturated rings. The van der Waals surface area contributed by atoms with Gasteiger partial charge in [0, 0.05) is 20.2 Å². The van der Waals surface area contributed by atoms with Crippen LogP contribution in [0.4, 0.5) is 5.69 Å². The molecule has 0 atom stereocenters. The van der Waals surface area contributed by atoms with Crippen molar-refractivity contribution in [3.8, 4) is 0 Å². The standard InChI is InChI=1S/C11H14BrIN2O.ClH/c1-14-6-2-3-11(16)15-8-4-5-9(12)10(13)7-8;/h4-5,7,14H,2-3,6H2,1H3,(H,15,16);1H. The molecule has 0 saturated carbocycles. The molecule has 96 valence electrons. The van der Waals surface area contributed by atoms with E-state index in [2.05, 4.69) is 49.2 Å². The Balaban J connectivity index is 0.00000256. The Morgan fingerprint density at radius 3 is 2.76 bits per heavy atom. The van der Waals surface area contributed by atoms with Crippen LogP contribution < -0.4 is 10.6 Å². The van der Waals surface area contributed by atoms with Crippen molar-refractivity contribution in [1.29, 1.82) is 0 Å². The first-order valence-corrected chi connectivity index (χ1v) is 6.90. The fourth-order valence-electron chi connectivity index (χ4n) is 1.22. The van der Waals surface area contributed by atoms with E-state index < -0.39 is 0 Å². The minimum absolute atomic E-state index is 0. The van der Waals surface area contributed by atoms with Crippen molar-refractivity contribution in [3.05, 3.63) is 26.2 Å². The molecule has 1 amide bonds. The molecule has 1 aromatic carbocycles. The summed E-state index contributed by atoms with van der Waals surface area (Å²) in [6, 6.07) is 5.77. The minimum Gasteiger partial charge on any atom is -0.326 e. The van der Waals surface area contributed by atoms with Gasteiger partial charge in [0.05, 0.1) is 0 Å². The van der Waals surface area contributed by atoms with Crippen molar-refractivity contribution in [3.63, 3.8) is 0 Å². The van der Waals surface area contributed by atoms with Crippen molar-refractivity contribution < 1.29 is 4.79 Å². The number of rotatable bonds is 5. The lowest BCUT2D eigenvalue weighted by atomic mass is 10.2. The van der Waals surface area contributed by atoms with Crippen molar-refractivity contribution in [2.75, 3.05) is 18.9 Å². The Hall–Kier alpha value is 0.150. The van der Waals surface area contributed by atoms with E-state index in [0.717, 1.165) is 26.7 Å². The lowest BCUT2D eigenvalue weighted by molar-refractivity contribution is -0.116. The molecule has 0 aliphatic carbocycles. The fraction of sp³-hybridized carbons (Fsp3) is 0.364. The molecule has 0 radical (unpaired) electrons. The molecule has 0 bridgehead atoms. The van der Waals surface area contributed by atoms with E-state index >= 15 is 0 Å². The van der Waals surface area contributed by atoms with E-state index in [1.165, 1.54) is 0 Å². The third kappa shape index (κ3) is 6.59. The Morgan fingerprint density at radius 1 is 1.47 bits per heavy atom. The van der Waals surface area contributed by atoms with Crippen molar-refractivity contribution in [2.45, 2.75) is 12.8 Å². The van der Waals surface area contributed by atoms with Crippen molar-refractivity contribution in [1.82, 2.24) is 5.32 Å². The number of benzene rings is 1. The van der Waals surface area contributed by atoms with Crippen LogP contribution in [0.3, 0.4) is 0 Å². The average molecular weight is 434 g/mol. The smallest absolute Gasteiger partial charge is 0.224 e. The first kappa shape index (κ1) is 17.2. The zero-order valence-corrected chi connectivity index (χ0v) is 14.0. The van der Waals surface area contributed by atoms with Gasteiger partial charge in [-0.2, -0.15) is 0 Å². The summed E-state index contributed by atoms with van der Waals surface area (Å²) in [6.07, 6.45) is 1.41. The van der Waals surface area contributed by atoms with Gasteiger partial charge in [0.1, 0.15) is 0 Å². The zero-order valence-electron chi connectivity index (χ0n) is 9.43. The highest BCUT2D eigenvalue weighted by Crippen LogP contribution is 2.22. The van der Waals surface area contributed by atoms with Gasteiger partial charge >= 0.3 is 0 Å². The molecule has 3 nitrogen and oxygen atoms in total. The Bertz CT molecular complexity index is 376. The maximum Gasteiger partial charge on any atom is 0.224 e. The fourth-order valence-corrected chi connectivity index (χ4v) is 1.99. The summed E-state index contributed by atoms with van der Waals surface area (Å²) in [7, 11) is 1.88. The molecule has 0 aliphatic rings. The van der Waals surface area contributed by atoms with Crippen LogP contribution >= 0.6 is 50.9 Å². The van der Waals surface area contributed by atoms with E-state index in [-0.39, 0.29) is 18.3 Å². The molecule has 0 aliphatic heterocycles. The third-order valence-corrected chi connectivity index (χ3v) is 4.36. The second-order valence-electron chi connectivity index (χ2n) is 3.38. The van der Waals surface area contributed by atoms with Crippen LogP contribution in [0, 0.1) is 3.57 Å². The predicted octanol–water partition coefficient (Wildman–Crippen LogP) is 3.41. The van der Waals surface area contributed by atoms with Gasteiger partial charge in [0.2, 0.25) is 5.91 Å². The first-order chi connectivity index (χ1) is 7.63. The van der Waals surface area contributed by atoms with Crippen LogP contribution in [0.25, 0.3) is 0 Å². The zero-order chi connectivity index (χ0) is 12.0. The van der Waals surface area contributed by atoms with Gasteiger partial charge in [-0.05, 0) is 76.7 Å². The lowest BCUT2D eigenvalue weighted by Crippen LogP contribution is -2.15. The van der Waals surface area contributed by atoms with E-state index in [9.17, 15) is 4.79 Å². The molecular weight excluding hydrogens is 418 g/mol. The molecule has 0 heterocycles. The number of hydrogen-bond donors (Lipinski definition) is 2. The number of nitrogens with one attached hydrogen (secondary N) is 2. The third-order valence-electron chi connectivity index (χ3n) is 2.03. The molecular formula is C11H15BrClIN2O. The molecule has 0 aromatic heterocycles. The maximum absolute atomic E-state index is 11.5. The van der Waals surface area contributed by atoms with Gasteiger partial charge in [-0.15, -0.1) is 12.4 Å². The Labute approximate surface area is 130 Å². The number of hydrogen-bond acceptors (Lipinski definition) is 2. The van der Waals surface area contributed by atoms with E-state index in [0.29, 0.717) is 6.42 Å². The average Bonchev–Trinajstić information content (AvgIpc) is 2.24. The van der Waals surface area contributed by atoms with Crippen LogP contribution in [0.1, 0.15) is 12.8 Å². The van der Waals surface area contributed by atoms with Crippen LogP contribution in [0.5, 0.6) is 0 Å². The van der Waals surface area contributed by atoms with Crippen LogP contribution in [-0.2, 0) is 4.79 Å². The molecule has 0 saturated heterocycles. The monoisotopic (exact) mass is 432 g/mol.